The van der Waals surface area contributed by atoms with Crippen molar-refractivity contribution < 1.29 is 5.11 Å². The van der Waals surface area contributed by atoms with Crippen LogP contribution in [0, 0.1) is 11.3 Å². The first-order valence-electron chi connectivity index (χ1n) is 8.57. The van der Waals surface area contributed by atoms with Crippen LogP contribution in [0.15, 0.2) is 0 Å². The van der Waals surface area contributed by atoms with E-state index in [0.717, 1.165) is 19.0 Å². The number of aliphatic hydroxyl groups excluding tert-OH is 1. The molecule has 1 aliphatic carbocycles. The number of hydrogen-bond acceptors (Lipinski definition) is 3. The predicted molar refractivity (Wildman–Crippen MR) is 91.6 cm³/mol. The molecule has 0 atom stereocenters. The minimum absolute atomic E-state index is 0.141. The molecule has 1 rings (SSSR count). The molecule has 0 aromatic heterocycles. The summed E-state index contributed by atoms with van der Waals surface area (Å²) in [5.74, 6) is 0.865. The Morgan fingerprint density at radius 2 is 1.67 bits per heavy atom. The van der Waals surface area contributed by atoms with Crippen molar-refractivity contribution in [1.29, 1.82) is 0 Å². The van der Waals surface area contributed by atoms with Gasteiger partial charge in [-0.1, -0.05) is 19.8 Å². The Morgan fingerprint density at radius 3 is 2.10 bits per heavy atom. The first-order chi connectivity index (χ1) is 9.50. The van der Waals surface area contributed by atoms with Crippen molar-refractivity contribution in [3.8, 4) is 0 Å². The van der Waals surface area contributed by atoms with Crippen molar-refractivity contribution in [1.82, 2.24) is 10.2 Å². The number of hydrogen-bond donors (Lipinski definition) is 2. The van der Waals surface area contributed by atoms with Crippen LogP contribution in [0.2, 0.25) is 0 Å². The second-order valence-corrected chi connectivity index (χ2v) is 9.11. The standard InChI is InChI=1S/C18H38N2O/c1-15-8-10-18(11-9-15,12-19-16(2,3)4)13-20(7)17(5,6)14-21/h15,19,21H,8-14H2,1-7H3. The highest BCUT2D eigenvalue weighted by atomic mass is 16.3. The molecule has 3 nitrogen and oxygen atoms in total. The van der Waals surface area contributed by atoms with Gasteiger partial charge < -0.3 is 10.4 Å². The summed E-state index contributed by atoms with van der Waals surface area (Å²) in [6, 6.07) is 0. The summed E-state index contributed by atoms with van der Waals surface area (Å²) in [6.07, 6.45) is 5.25. The van der Waals surface area contributed by atoms with Crippen molar-refractivity contribution in [2.24, 2.45) is 11.3 Å². The smallest absolute Gasteiger partial charge is 0.0609 e. The first-order valence-corrected chi connectivity index (χ1v) is 8.57. The van der Waals surface area contributed by atoms with Gasteiger partial charge in [0.1, 0.15) is 0 Å². The molecule has 0 aromatic rings. The molecule has 0 aliphatic heterocycles. The average Bonchev–Trinajstić information content (AvgIpc) is 2.39. The highest BCUT2D eigenvalue weighted by Crippen LogP contribution is 2.40. The van der Waals surface area contributed by atoms with Crippen LogP contribution in [0.1, 0.15) is 67.2 Å². The van der Waals surface area contributed by atoms with E-state index in [0.29, 0.717) is 5.41 Å². The topological polar surface area (TPSA) is 35.5 Å². The van der Waals surface area contributed by atoms with Gasteiger partial charge in [-0.2, -0.15) is 0 Å². The number of aliphatic hydroxyl groups is 1. The molecule has 3 heteroatoms. The second-order valence-electron chi connectivity index (χ2n) is 9.11. The molecule has 0 bridgehead atoms. The van der Waals surface area contributed by atoms with Crippen LogP contribution in [0.5, 0.6) is 0 Å². The summed E-state index contributed by atoms with van der Waals surface area (Å²) >= 11 is 0. The van der Waals surface area contributed by atoms with E-state index in [1.165, 1.54) is 25.7 Å². The molecule has 0 saturated heterocycles. The van der Waals surface area contributed by atoms with Gasteiger partial charge in [-0.15, -0.1) is 0 Å². The Kier molecular flexibility index (Phi) is 6.28. The molecule has 0 aromatic carbocycles. The Bertz CT molecular complexity index is 312. The monoisotopic (exact) mass is 298 g/mol. The van der Waals surface area contributed by atoms with Crippen LogP contribution in [0.4, 0.5) is 0 Å². The molecule has 0 radical (unpaired) electrons. The molecule has 2 N–H and O–H groups in total. The molecule has 0 unspecified atom stereocenters. The zero-order valence-corrected chi connectivity index (χ0v) is 15.4. The van der Waals surface area contributed by atoms with Crippen LogP contribution in [0.3, 0.4) is 0 Å². The van der Waals surface area contributed by atoms with Crippen LogP contribution in [0.25, 0.3) is 0 Å². The zero-order valence-electron chi connectivity index (χ0n) is 15.4. The third-order valence-electron chi connectivity index (χ3n) is 5.32. The number of likely N-dealkylation sites (N-methyl/N-ethyl adjacent to an activating group) is 1. The van der Waals surface area contributed by atoms with Crippen LogP contribution >= 0.6 is 0 Å². The summed E-state index contributed by atoms with van der Waals surface area (Å²) in [4.78, 5) is 2.35. The molecular formula is C18H38N2O. The minimum Gasteiger partial charge on any atom is -0.394 e. The van der Waals surface area contributed by atoms with E-state index in [4.69, 9.17) is 0 Å². The molecule has 21 heavy (non-hydrogen) atoms. The molecule has 1 fully saturated rings. The van der Waals surface area contributed by atoms with E-state index < -0.39 is 0 Å². The van der Waals surface area contributed by atoms with Gasteiger partial charge in [-0.05, 0) is 65.8 Å². The molecule has 0 heterocycles. The molecule has 1 saturated carbocycles. The fourth-order valence-electron chi connectivity index (χ4n) is 3.06. The van der Waals surface area contributed by atoms with Crippen LogP contribution in [-0.2, 0) is 0 Å². The lowest BCUT2D eigenvalue weighted by molar-refractivity contribution is 0.0179. The maximum Gasteiger partial charge on any atom is 0.0609 e. The molecule has 0 amide bonds. The molecular weight excluding hydrogens is 260 g/mol. The van der Waals surface area contributed by atoms with Crippen LogP contribution < -0.4 is 5.32 Å². The normalized spacial score (nSPS) is 28.1. The van der Waals surface area contributed by atoms with Gasteiger partial charge >= 0.3 is 0 Å². The highest BCUT2D eigenvalue weighted by molar-refractivity contribution is 4.93. The Morgan fingerprint density at radius 1 is 1.14 bits per heavy atom. The van der Waals surface area contributed by atoms with E-state index in [-0.39, 0.29) is 17.7 Å². The Labute approximate surface area is 132 Å². The van der Waals surface area contributed by atoms with Gasteiger partial charge in [0, 0.05) is 24.2 Å². The lowest BCUT2D eigenvalue weighted by atomic mass is 9.69. The summed E-state index contributed by atoms with van der Waals surface area (Å²) in [7, 11) is 2.16. The van der Waals surface area contributed by atoms with Crippen molar-refractivity contribution in [3.63, 3.8) is 0 Å². The third kappa shape index (κ3) is 5.88. The van der Waals surface area contributed by atoms with Crippen molar-refractivity contribution in [2.75, 3.05) is 26.7 Å². The predicted octanol–water partition coefficient (Wildman–Crippen LogP) is 3.27. The molecule has 0 spiro atoms. The van der Waals surface area contributed by atoms with Crippen molar-refractivity contribution in [2.45, 2.75) is 78.3 Å². The van der Waals surface area contributed by atoms with E-state index in [1.807, 2.05) is 0 Å². The minimum atomic E-state index is -0.141. The summed E-state index contributed by atoms with van der Waals surface area (Å²) in [5, 5.41) is 13.4. The van der Waals surface area contributed by atoms with Gasteiger partial charge in [0.25, 0.3) is 0 Å². The fraction of sp³-hybridized carbons (Fsp3) is 1.00. The quantitative estimate of drug-likeness (QED) is 0.790. The molecule has 126 valence electrons. The highest BCUT2D eigenvalue weighted by Gasteiger charge is 2.38. The first kappa shape index (κ1) is 18.9. The number of rotatable bonds is 6. The van der Waals surface area contributed by atoms with Gasteiger partial charge in [-0.3, -0.25) is 4.90 Å². The van der Waals surface area contributed by atoms with Crippen molar-refractivity contribution >= 4 is 0 Å². The Hall–Kier alpha value is -0.120. The van der Waals surface area contributed by atoms with Crippen LogP contribution in [-0.4, -0.2) is 47.8 Å². The van der Waals surface area contributed by atoms with E-state index in [9.17, 15) is 5.11 Å². The summed E-state index contributed by atoms with van der Waals surface area (Å²) < 4.78 is 0. The fourth-order valence-corrected chi connectivity index (χ4v) is 3.06. The van der Waals surface area contributed by atoms with Crippen molar-refractivity contribution in [3.05, 3.63) is 0 Å². The Balaban J connectivity index is 2.77. The van der Waals surface area contributed by atoms with Gasteiger partial charge in [0.2, 0.25) is 0 Å². The SMILES string of the molecule is CC1CCC(CNC(C)(C)C)(CN(C)C(C)(C)CO)CC1. The lowest BCUT2D eigenvalue weighted by Crippen LogP contribution is -2.54. The van der Waals surface area contributed by atoms with Gasteiger partial charge in [-0.25, -0.2) is 0 Å². The van der Waals surface area contributed by atoms with E-state index in [1.54, 1.807) is 0 Å². The van der Waals surface area contributed by atoms with Gasteiger partial charge in [0.05, 0.1) is 6.61 Å². The maximum atomic E-state index is 9.62. The average molecular weight is 299 g/mol. The largest absolute Gasteiger partial charge is 0.394 e. The number of nitrogens with zero attached hydrogens (tertiary/aromatic N) is 1. The second kappa shape index (κ2) is 6.97. The number of nitrogens with one attached hydrogen (secondary N) is 1. The van der Waals surface area contributed by atoms with E-state index in [2.05, 4.69) is 58.8 Å². The summed E-state index contributed by atoms with van der Waals surface area (Å²) in [6.45, 7) is 15.7. The van der Waals surface area contributed by atoms with E-state index >= 15 is 0 Å². The summed E-state index contributed by atoms with van der Waals surface area (Å²) in [5.41, 5.74) is 0.375. The maximum absolute atomic E-state index is 9.62. The zero-order chi connectivity index (χ0) is 16.3. The lowest BCUT2D eigenvalue weighted by Gasteiger charge is -2.47. The molecule has 1 aliphatic rings. The third-order valence-corrected chi connectivity index (χ3v) is 5.32. The van der Waals surface area contributed by atoms with Gasteiger partial charge in [0.15, 0.2) is 0 Å².